The summed E-state index contributed by atoms with van der Waals surface area (Å²) in [6, 6.07) is 9.30. The first-order chi connectivity index (χ1) is 19.7. The van der Waals surface area contributed by atoms with Gasteiger partial charge in [-0.15, -0.1) is 22.9 Å². The lowest BCUT2D eigenvalue weighted by Crippen LogP contribution is -2.53. The fraction of sp³-hybridized carbons (Fsp3) is 0.379. The maximum Gasteiger partial charge on any atom is 0.251 e. The van der Waals surface area contributed by atoms with Gasteiger partial charge in [-0.3, -0.25) is 24.2 Å². The second-order valence-electron chi connectivity index (χ2n) is 10.3. The summed E-state index contributed by atoms with van der Waals surface area (Å²) in [5, 5.41) is 4.52. The molecule has 1 aliphatic heterocycles. The molecule has 1 aromatic heterocycles. The second kappa shape index (κ2) is 12.2. The number of alkyl halides is 3. The van der Waals surface area contributed by atoms with Gasteiger partial charge in [0, 0.05) is 42.3 Å². The zero-order chi connectivity index (χ0) is 29.1. The summed E-state index contributed by atoms with van der Waals surface area (Å²) in [6.07, 6.45) is -0.284. The molecular formula is C29H28ClF3N4O3S. The van der Waals surface area contributed by atoms with Gasteiger partial charge in [0.05, 0.1) is 5.51 Å². The van der Waals surface area contributed by atoms with Crippen LogP contribution in [-0.2, 0) is 20.3 Å². The van der Waals surface area contributed by atoms with Crippen LogP contribution in [0.4, 0.5) is 24.7 Å². The van der Waals surface area contributed by atoms with Gasteiger partial charge in [-0.2, -0.15) is 0 Å². The molecule has 41 heavy (non-hydrogen) atoms. The largest absolute Gasteiger partial charge is 0.351 e. The molecule has 0 bridgehead atoms. The Morgan fingerprint density at radius 3 is 2.59 bits per heavy atom. The first kappa shape index (κ1) is 29.1. The van der Waals surface area contributed by atoms with Crippen LogP contribution in [0.15, 0.2) is 59.4 Å². The van der Waals surface area contributed by atoms with Gasteiger partial charge in [0.15, 0.2) is 0 Å². The van der Waals surface area contributed by atoms with Crippen LogP contribution in [0.3, 0.4) is 0 Å². The smallest absolute Gasteiger partial charge is 0.251 e. The van der Waals surface area contributed by atoms with Gasteiger partial charge in [0.1, 0.15) is 23.7 Å². The van der Waals surface area contributed by atoms with Gasteiger partial charge in [0.2, 0.25) is 17.7 Å². The molecule has 216 valence electrons. The molecule has 12 heteroatoms. The van der Waals surface area contributed by atoms with E-state index in [-0.39, 0.29) is 56.0 Å². The minimum Gasteiger partial charge on any atom is -0.351 e. The minimum absolute atomic E-state index is 0.0792. The highest BCUT2D eigenvalue weighted by atomic mass is 35.5. The Hall–Kier alpha value is -3.44. The molecule has 1 saturated carbocycles. The van der Waals surface area contributed by atoms with Crippen molar-refractivity contribution in [2.75, 3.05) is 9.80 Å². The molecule has 1 N–H and O–H groups in total. The van der Waals surface area contributed by atoms with Crippen LogP contribution in [-0.4, -0.2) is 40.7 Å². The quantitative estimate of drug-likeness (QED) is 0.321. The highest BCUT2D eigenvalue weighted by molar-refractivity contribution is 7.07. The molecule has 1 saturated heterocycles. The fourth-order valence-corrected chi connectivity index (χ4v) is 6.14. The van der Waals surface area contributed by atoms with Crippen LogP contribution in [0.2, 0.25) is 0 Å². The number of amides is 3. The molecule has 1 aliphatic carbocycles. The van der Waals surface area contributed by atoms with E-state index in [4.69, 9.17) is 11.6 Å². The van der Waals surface area contributed by atoms with Crippen LogP contribution in [0.5, 0.6) is 0 Å². The van der Waals surface area contributed by atoms with Gasteiger partial charge in [-0.05, 0) is 48.6 Å². The minimum atomic E-state index is -2.78. The molecule has 0 spiro atoms. The molecule has 2 fully saturated rings. The average Bonchev–Trinajstić information content (AvgIpc) is 3.62. The summed E-state index contributed by atoms with van der Waals surface area (Å²) < 4.78 is 42.2. The number of halogens is 4. The van der Waals surface area contributed by atoms with Crippen molar-refractivity contribution in [2.45, 2.75) is 68.5 Å². The Kier molecular flexibility index (Phi) is 8.65. The van der Waals surface area contributed by atoms with Crippen LogP contribution in [0, 0.1) is 5.82 Å². The molecule has 0 radical (unpaired) electrons. The van der Waals surface area contributed by atoms with Gasteiger partial charge in [-0.25, -0.2) is 18.2 Å². The monoisotopic (exact) mass is 604 g/mol. The lowest BCUT2D eigenvalue weighted by molar-refractivity contribution is -0.128. The van der Waals surface area contributed by atoms with Crippen molar-refractivity contribution >= 4 is 52.2 Å². The van der Waals surface area contributed by atoms with Crippen LogP contribution >= 0.6 is 22.9 Å². The molecule has 3 amide bonds. The lowest BCUT2D eigenvalue weighted by Gasteiger charge is -2.36. The molecular weight excluding hydrogens is 577 g/mol. The van der Waals surface area contributed by atoms with Gasteiger partial charge in [0.25, 0.3) is 5.91 Å². The number of nitrogens with zero attached hydrogens (tertiary/aromatic N) is 3. The predicted molar refractivity (Wildman–Crippen MR) is 151 cm³/mol. The van der Waals surface area contributed by atoms with Crippen molar-refractivity contribution in [1.29, 1.82) is 0 Å². The van der Waals surface area contributed by atoms with Crippen molar-refractivity contribution in [2.24, 2.45) is 0 Å². The molecule has 2 heterocycles. The molecule has 2 aliphatic rings. The number of aromatic nitrogens is 1. The van der Waals surface area contributed by atoms with Crippen molar-refractivity contribution in [3.8, 4) is 0 Å². The molecule has 2 aromatic carbocycles. The predicted octanol–water partition coefficient (Wildman–Crippen LogP) is 5.99. The first-order valence-corrected chi connectivity index (χ1v) is 14.8. The molecule has 0 unspecified atom stereocenters. The van der Waals surface area contributed by atoms with Crippen molar-refractivity contribution in [1.82, 2.24) is 10.3 Å². The SMILES string of the molecule is O=C(NC1CCC(F)(F)CC1)[C@H](c1cccc(CCl)c1)N(C(=O)[C@@H]1CCC(=O)N1c1cscn1)c1cccc(F)c1. The maximum absolute atomic E-state index is 14.6. The number of thiazole rings is 1. The summed E-state index contributed by atoms with van der Waals surface area (Å²) in [5.41, 5.74) is 2.75. The highest BCUT2D eigenvalue weighted by Gasteiger charge is 2.45. The van der Waals surface area contributed by atoms with E-state index in [2.05, 4.69) is 10.3 Å². The van der Waals surface area contributed by atoms with Crippen molar-refractivity contribution in [3.63, 3.8) is 0 Å². The molecule has 7 nitrogen and oxygen atoms in total. The highest BCUT2D eigenvalue weighted by Crippen LogP contribution is 2.36. The Bertz CT molecular complexity index is 1410. The van der Waals surface area contributed by atoms with E-state index in [9.17, 15) is 27.6 Å². The molecule has 3 aromatic rings. The van der Waals surface area contributed by atoms with E-state index >= 15 is 0 Å². The summed E-state index contributed by atoms with van der Waals surface area (Å²) in [4.78, 5) is 48.1. The first-order valence-electron chi connectivity index (χ1n) is 13.3. The third-order valence-electron chi connectivity index (χ3n) is 7.48. The van der Waals surface area contributed by atoms with E-state index in [1.54, 1.807) is 35.2 Å². The van der Waals surface area contributed by atoms with Crippen LogP contribution in [0.1, 0.15) is 55.7 Å². The van der Waals surface area contributed by atoms with Crippen molar-refractivity contribution in [3.05, 3.63) is 76.4 Å². The number of benzene rings is 2. The molecule has 5 rings (SSSR count). The van der Waals surface area contributed by atoms with Gasteiger partial charge < -0.3 is 5.32 Å². The zero-order valence-corrected chi connectivity index (χ0v) is 23.5. The van der Waals surface area contributed by atoms with Gasteiger partial charge >= 0.3 is 0 Å². The average molecular weight is 605 g/mol. The Morgan fingerprint density at radius 1 is 1.15 bits per heavy atom. The summed E-state index contributed by atoms with van der Waals surface area (Å²) in [6.45, 7) is 0. The number of hydrogen-bond donors (Lipinski definition) is 1. The second-order valence-corrected chi connectivity index (χ2v) is 11.3. The number of nitrogens with one attached hydrogen (secondary N) is 1. The Balaban J connectivity index is 1.58. The van der Waals surface area contributed by atoms with Crippen molar-refractivity contribution < 1.29 is 27.6 Å². The van der Waals surface area contributed by atoms with E-state index in [0.29, 0.717) is 16.9 Å². The normalized spacial score (nSPS) is 19.7. The lowest BCUT2D eigenvalue weighted by atomic mass is 9.91. The number of hydrogen-bond acceptors (Lipinski definition) is 5. The van der Waals surface area contributed by atoms with Crippen LogP contribution in [0.25, 0.3) is 0 Å². The topological polar surface area (TPSA) is 82.6 Å². The standard InChI is InChI=1S/C29H28ClF3N4O3S/c30-15-18-3-1-4-19(13-18)26(27(39)35-21-9-11-29(32,33)12-10-21)36(22-6-2-5-20(31)14-22)28(40)23-7-8-25(38)37(23)24-16-41-17-34-24/h1-6,13-14,16-17,21,23,26H,7-12,15H2,(H,35,39)/t23-,26-/m0/s1. The van der Waals surface area contributed by atoms with Gasteiger partial charge in [-0.1, -0.05) is 30.3 Å². The number of rotatable bonds is 8. The number of anilines is 2. The number of carbonyl (C=O) groups excluding carboxylic acids is 3. The summed E-state index contributed by atoms with van der Waals surface area (Å²) >= 11 is 7.36. The summed E-state index contributed by atoms with van der Waals surface area (Å²) in [5.74, 6) is -4.43. The number of carbonyl (C=O) groups is 3. The molecule has 2 atom stereocenters. The third kappa shape index (κ3) is 6.41. The third-order valence-corrected chi connectivity index (χ3v) is 8.36. The van der Waals surface area contributed by atoms with E-state index in [0.717, 1.165) is 6.07 Å². The van der Waals surface area contributed by atoms with E-state index < -0.39 is 41.7 Å². The van der Waals surface area contributed by atoms with E-state index in [1.165, 1.54) is 39.3 Å². The van der Waals surface area contributed by atoms with Crippen LogP contribution < -0.4 is 15.1 Å². The summed E-state index contributed by atoms with van der Waals surface area (Å²) in [7, 11) is 0. The zero-order valence-electron chi connectivity index (χ0n) is 21.9. The maximum atomic E-state index is 14.6. The fourth-order valence-electron chi connectivity index (χ4n) is 5.45. The van der Waals surface area contributed by atoms with E-state index in [1.807, 2.05) is 0 Å². The Morgan fingerprint density at radius 2 is 1.90 bits per heavy atom. The Labute approximate surface area is 244 Å².